The molecule has 1 heterocycles. The normalized spacial score (nSPS) is 19.3. The van der Waals surface area contributed by atoms with Crippen molar-refractivity contribution < 1.29 is 23.1 Å². The van der Waals surface area contributed by atoms with Gasteiger partial charge in [0.15, 0.2) is 0 Å². The molecule has 0 saturated carbocycles. The van der Waals surface area contributed by atoms with Crippen LogP contribution in [0.3, 0.4) is 0 Å². The number of nitrogens with zero attached hydrogens (tertiary/aromatic N) is 2. The smallest absolute Gasteiger partial charge is 0.395 e. The minimum atomic E-state index is -4.39. The summed E-state index contributed by atoms with van der Waals surface area (Å²) in [5.74, 6) is 0. The minimum Gasteiger partial charge on any atom is -0.395 e. The number of carbonyl (C=O) groups excluding carboxylic acids is 1. The van der Waals surface area contributed by atoms with E-state index in [1.165, 1.54) is 4.90 Å². The molecule has 0 spiro atoms. The highest BCUT2D eigenvalue weighted by molar-refractivity contribution is 5.74. The maximum absolute atomic E-state index is 12.0. The number of alkyl halides is 3. The van der Waals surface area contributed by atoms with E-state index < -0.39 is 18.8 Å². The van der Waals surface area contributed by atoms with E-state index in [1.54, 1.807) is 0 Å². The van der Waals surface area contributed by atoms with Crippen LogP contribution in [-0.2, 0) is 0 Å². The van der Waals surface area contributed by atoms with Crippen molar-refractivity contribution in [2.75, 3.05) is 39.3 Å². The van der Waals surface area contributed by atoms with Gasteiger partial charge in [-0.3, -0.25) is 4.90 Å². The Morgan fingerprint density at radius 3 is 2.32 bits per heavy atom. The summed E-state index contributed by atoms with van der Waals surface area (Å²) in [6.45, 7) is 2.59. The average Bonchev–Trinajstić information content (AvgIpc) is 2.37. The first kappa shape index (κ1) is 16.0. The molecular formula is C11H20F3N3O2. The summed E-state index contributed by atoms with van der Waals surface area (Å²) >= 11 is 0. The van der Waals surface area contributed by atoms with Gasteiger partial charge in [0, 0.05) is 32.2 Å². The van der Waals surface area contributed by atoms with E-state index in [4.69, 9.17) is 5.11 Å². The zero-order valence-electron chi connectivity index (χ0n) is 10.9. The zero-order valence-corrected chi connectivity index (χ0v) is 10.9. The molecule has 0 bridgehead atoms. The molecule has 112 valence electrons. The molecule has 1 fully saturated rings. The van der Waals surface area contributed by atoms with E-state index >= 15 is 0 Å². The summed E-state index contributed by atoms with van der Waals surface area (Å²) in [5, 5.41) is 11.0. The predicted molar refractivity (Wildman–Crippen MR) is 63.8 cm³/mol. The summed E-state index contributed by atoms with van der Waals surface area (Å²) in [5.41, 5.74) is 0. The SMILES string of the molecule is CCC(CO)N1CCN(C(=O)NCC(F)(F)F)CC1. The third-order valence-electron chi connectivity index (χ3n) is 3.24. The topological polar surface area (TPSA) is 55.8 Å². The van der Waals surface area contributed by atoms with E-state index in [0.717, 1.165) is 6.42 Å². The fourth-order valence-electron chi connectivity index (χ4n) is 2.08. The van der Waals surface area contributed by atoms with Crippen LogP contribution in [0, 0.1) is 0 Å². The number of aliphatic hydroxyl groups is 1. The van der Waals surface area contributed by atoms with Gasteiger partial charge in [0.1, 0.15) is 6.54 Å². The fourth-order valence-corrected chi connectivity index (χ4v) is 2.08. The molecule has 19 heavy (non-hydrogen) atoms. The molecule has 0 aliphatic carbocycles. The monoisotopic (exact) mass is 283 g/mol. The van der Waals surface area contributed by atoms with Gasteiger partial charge < -0.3 is 15.3 Å². The summed E-state index contributed by atoms with van der Waals surface area (Å²) in [6, 6.07) is -0.630. The zero-order chi connectivity index (χ0) is 14.5. The van der Waals surface area contributed by atoms with Crippen molar-refractivity contribution in [2.24, 2.45) is 0 Å². The summed E-state index contributed by atoms with van der Waals surface area (Å²) in [4.78, 5) is 14.9. The number of piperazine rings is 1. The first-order valence-corrected chi connectivity index (χ1v) is 6.31. The average molecular weight is 283 g/mol. The second kappa shape index (κ2) is 6.95. The van der Waals surface area contributed by atoms with Crippen LogP contribution in [0.4, 0.5) is 18.0 Å². The third kappa shape index (κ3) is 5.23. The van der Waals surface area contributed by atoms with Crippen molar-refractivity contribution in [3.05, 3.63) is 0 Å². The van der Waals surface area contributed by atoms with Crippen LogP contribution in [0.25, 0.3) is 0 Å². The highest BCUT2D eigenvalue weighted by Gasteiger charge is 2.30. The molecule has 1 atom stereocenters. The number of hydrogen-bond acceptors (Lipinski definition) is 3. The van der Waals surface area contributed by atoms with Crippen molar-refractivity contribution in [2.45, 2.75) is 25.6 Å². The van der Waals surface area contributed by atoms with Gasteiger partial charge >= 0.3 is 12.2 Å². The van der Waals surface area contributed by atoms with Gasteiger partial charge in [-0.2, -0.15) is 13.2 Å². The van der Waals surface area contributed by atoms with Crippen LogP contribution >= 0.6 is 0 Å². The number of nitrogens with one attached hydrogen (secondary N) is 1. The van der Waals surface area contributed by atoms with Crippen LogP contribution in [-0.4, -0.2) is 72.5 Å². The van der Waals surface area contributed by atoms with Gasteiger partial charge in [0.2, 0.25) is 0 Å². The first-order chi connectivity index (χ1) is 8.87. The molecule has 0 aromatic rings. The Morgan fingerprint density at radius 1 is 1.32 bits per heavy atom. The van der Waals surface area contributed by atoms with Crippen molar-refractivity contribution in [1.82, 2.24) is 15.1 Å². The summed E-state index contributed by atoms with van der Waals surface area (Å²) < 4.78 is 35.9. The molecule has 8 heteroatoms. The lowest BCUT2D eigenvalue weighted by atomic mass is 10.2. The Hall–Kier alpha value is -1.02. The van der Waals surface area contributed by atoms with E-state index in [9.17, 15) is 18.0 Å². The maximum Gasteiger partial charge on any atom is 0.405 e. The molecule has 1 unspecified atom stereocenters. The van der Waals surface area contributed by atoms with Gasteiger partial charge in [-0.15, -0.1) is 0 Å². The standard InChI is InChI=1S/C11H20F3N3O2/c1-2-9(7-18)16-3-5-17(6-4-16)10(19)15-8-11(12,13)14/h9,18H,2-8H2,1H3,(H,15,19). The highest BCUT2D eigenvalue weighted by Crippen LogP contribution is 2.13. The molecular weight excluding hydrogens is 263 g/mol. The molecule has 0 radical (unpaired) electrons. The van der Waals surface area contributed by atoms with Crippen molar-refractivity contribution in [1.29, 1.82) is 0 Å². The Balaban J connectivity index is 2.35. The van der Waals surface area contributed by atoms with Crippen molar-refractivity contribution >= 4 is 6.03 Å². The fraction of sp³-hybridized carbons (Fsp3) is 0.909. The van der Waals surface area contributed by atoms with Crippen LogP contribution in [0.5, 0.6) is 0 Å². The summed E-state index contributed by atoms with van der Waals surface area (Å²) in [6.07, 6.45) is -3.58. The van der Waals surface area contributed by atoms with Gasteiger partial charge in [0.05, 0.1) is 6.61 Å². The van der Waals surface area contributed by atoms with Gasteiger partial charge in [-0.25, -0.2) is 4.79 Å². The van der Waals surface area contributed by atoms with Gasteiger partial charge in [-0.1, -0.05) is 6.92 Å². The number of halogens is 3. The quantitative estimate of drug-likeness (QED) is 0.796. The lowest BCUT2D eigenvalue weighted by Gasteiger charge is -2.38. The summed E-state index contributed by atoms with van der Waals surface area (Å²) in [7, 11) is 0. The lowest BCUT2D eigenvalue weighted by Crippen LogP contribution is -2.55. The predicted octanol–water partition coefficient (Wildman–Crippen LogP) is 0.647. The van der Waals surface area contributed by atoms with Gasteiger partial charge in [0.25, 0.3) is 0 Å². The van der Waals surface area contributed by atoms with E-state index in [1.807, 2.05) is 17.1 Å². The lowest BCUT2D eigenvalue weighted by molar-refractivity contribution is -0.123. The second-order valence-electron chi connectivity index (χ2n) is 4.54. The van der Waals surface area contributed by atoms with Crippen LogP contribution in [0.1, 0.15) is 13.3 Å². The molecule has 2 N–H and O–H groups in total. The number of carbonyl (C=O) groups is 1. The molecule has 0 aromatic heterocycles. The van der Waals surface area contributed by atoms with E-state index in [2.05, 4.69) is 0 Å². The van der Waals surface area contributed by atoms with Crippen LogP contribution in [0.2, 0.25) is 0 Å². The number of urea groups is 1. The first-order valence-electron chi connectivity index (χ1n) is 6.31. The molecule has 0 aromatic carbocycles. The van der Waals surface area contributed by atoms with Crippen LogP contribution in [0.15, 0.2) is 0 Å². The number of rotatable bonds is 4. The number of aliphatic hydroxyl groups excluding tert-OH is 1. The highest BCUT2D eigenvalue weighted by atomic mass is 19.4. The Bertz CT molecular complexity index is 287. The van der Waals surface area contributed by atoms with Crippen molar-refractivity contribution in [3.8, 4) is 0 Å². The largest absolute Gasteiger partial charge is 0.405 e. The molecule has 1 aliphatic heterocycles. The second-order valence-corrected chi connectivity index (χ2v) is 4.54. The van der Waals surface area contributed by atoms with Crippen molar-refractivity contribution in [3.63, 3.8) is 0 Å². The van der Waals surface area contributed by atoms with Gasteiger partial charge in [-0.05, 0) is 6.42 Å². The van der Waals surface area contributed by atoms with Crippen LogP contribution < -0.4 is 5.32 Å². The Kier molecular flexibility index (Phi) is 5.86. The molecule has 5 nitrogen and oxygen atoms in total. The molecule has 1 saturated heterocycles. The minimum absolute atomic E-state index is 0.0524. The number of hydrogen-bond donors (Lipinski definition) is 2. The molecule has 1 rings (SSSR count). The van der Waals surface area contributed by atoms with E-state index in [-0.39, 0.29) is 12.6 Å². The molecule has 2 amide bonds. The Morgan fingerprint density at radius 2 is 1.89 bits per heavy atom. The third-order valence-corrected chi connectivity index (χ3v) is 3.24. The maximum atomic E-state index is 12.0. The Labute approximate surface area is 110 Å². The number of amides is 2. The van der Waals surface area contributed by atoms with E-state index in [0.29, 0.717) is 26.2 Å². The molecule has 1 aliphatic rings.